The second kappa shape index (κ2) is 6.92. The van der Waals surface area contributed by atoms with Crippen molar-refractivity contribution in [3.8, 4) is 11.8 Å². The maximum Gasteiger partial charge on any atom is 0.150 e. The Hall–Kier alpha value is -0.840. The third-order valence-electron chi connectivity index (χ3n) is 4.73. The van der Waals surface area contributed by atoms with Crippen LogP contribution in [0.2, 0.25) is 0 Å². The van der Waals surface area contributed by atoms with Gasteiger partial charge in [-0.25, -0.2) is 4.39 Å². The van der Waals surface area contributed by atoms with Gasteiger partial charge in [0.15, 0.2) is 0 Å². The van der Waals surface area contributed by atoms with Crippen molar-refractivity contribution in [3.63, 3.8) is 0 Å². The molecule has 2 rings (SSSR count). The Bertz CT molecular complexity index is 321. The average Bonchev–Trinajstić information content (AvgIpc) is 2.41. The average molecular weight is 250 g/mol. The molecule has 2 aliphatic carbocycles. The van der Waals surface area contributed by atoms with E-state index in [4.69, 9.17) is 0 Å². The van der Waals surface area contributed by atoms with Crippen LogP contribution in [0.15, 0.2) is 0 Å². The van der Waals surface area contributed by atoms with Gasteiger partial charge in [0.1, 0.15) is 12.5 Å². The Kier molecular flexibility index (Phi) is 5.23. The van der Waals surface area contributed by atoms with Crippen molar-refractivity contribution in [2.75, 3.05) is 6.67 Å². The molecule has 0 aliphatic heterocycles. The minimum atomic E-state index is -0.508. The molecule has 0 heterocycles. The Labute approximate surface area is 110 Å². The highest BCUT2D eigenvalue weighted by molar-refractivity contribution is 5.79. The predicted molar refractivity (Wildman–Crippen MR) is 70.8 cm³/mol. The van der Waals surface area contributed by atoms with Crippen LogP contribution in [0.3, 0.4) is 0 Å². The Morgan fingerprint density at radius 3 is 2.17 bits per heavy atom. The van der Waals surface area contributed by atoms with Crippen molar-refractivity contribution in [1.82, 2.24) is 0 Å². The van der Waals surface area contributed by atoms with Gasteiger partial charge >= 0.3 is 0 Å². The lowest BCUT2D eigenvalue weighted by Crippen LogP contribution is -2.25. The largest absolute Gasteiger partial charge is 0.300 e. The van der Waals surface area contributed by atoms with E-state index in [1.807, 2.05) is 0 Å². The van der Waals surface area contributed by atoms with E-state index in [1.165, 1.54) is 25.7 Å². The molecule has 0 saturated heterocycles. The van der Waals surface area contributed by atoms with E-state index in [2.05, 4.69) is 11.8 Å². The van der Waals surface area contributed by atoms with Crippen molar-refractivity contribution in [1.29, 1.82) is 0 Å². The first kappa shape index (κ1) is 13.6. The minimum Gasteiger partial charge on any atom is -0.300 e. The molecule has 0 atom stereocenters. The van der Waals surface area contributed by atoms with Crippen LogP contribution in [0.4, 0.5) is 4.39 Å². The third kappa shape index (κ3) is 3.83. The Balaban J connectivity index is 1.71. The number of rotatable bonds is 2. The van der Waals surface area contributed by atoms with E-state index in [-0.39, 0.29) is 0 Å². The summed E-state index contributed by atoms with van der Waals surface area (Å²) in [5.41, 5.74) is 0. The molecule has 2 saturated carbocycles. The predicted octanol–water partition coefficient (Wildman–Crippen LogP) is 3.92. The molecule has 0 aromatic carbocycles. The Morgan fingerprint density at radius 2 is 1.56 bits per heavy atom. The SMILES string of the molecule is O=C1CCC(C2CCC(CC#CCF)CC2)CC1. The molecule has 0 radical (unpaired) electrons. The van der Waals surface area contributed by atoms with Gasteiger partial charge in [0.25, 0.3) is 0 Å². The first-order chi connectivity index (χ1) is 8.79. The molecule has 1 nitrogen and oxygen atoms in total. The molecule has 0 unspecified atom stereocenters. The summed E-state index contributed by atoms with van der Waals surface area (Å²) in [5.74, 6) is 8.23. The highest BCUT2D eigenvalue weighted by Gasteiger charge is 2.29. The van der Waals surface area contributed by atoms with Gasteiger partial charge in [0, 0.05) is 19.3 Å². The first-order valence-electron chi connectivity index (χ1n) is 7.33. The monoisotopic (exact) mass is 250 g/mol. The topological polar surface area (TPSA) is 17.1 Å². The molecule has 0 spiro atoms. The second-order valence-corrected chi connectivity index (χ2v) is 5.85. The van der Waals surface area contributed by atoms with Crippen LogP contribution in [0.1, 0.15) is 57.8 Å². The number of Topliss-reactive ketones (excluding diaryl/α,β-unsaturated/α-hetero) is 1. The lowest BCUT2D eigenvalue weighted by atomic mass is 9.70. The number of halogens is 1. The molecular weight excluding hydrogens is 227 g/mol. The highest BCUT2D eigenvalue weighted by atomic mass is 19.1. The van der Waals surface area contributed by atoms with E-state index in [0.29, 0.717) is 11.7 Å². The summed E-state index contributed by atoms with van der Waals surface area (Å²) in [7, 11) is 0. The zero-order valence-corrected chi connectivity index (χ0v) is 11.1. The van der Waals surface area contributed by atoms with Crippen LogP contribution in [-0.4, -0.2) is 12.5 Å². The van der Waals surface area contributed by atoms with Crippen LogP contribution < -0.4 is 0 Å². The summed E-state index contributed by atoms with van der Waals surface area (Å²) in [4.78, 5) is 11.2. The number of carbonyl (C=O) groups excluding carboxylic acids is 1. The summed E-state index contributed by atoms with van der Waals surface area (Å²) in [5, 5.41) is 0. The van der Waals surface area contributed by atoms with Crippen LogP contribution >= 0.6 is 0 Å². The van der Waals surface area contributed by atoms with Crippen molar-refractivity contribution in [2.24, 2.45) is 17.8 Å². The smallest absolute Gasteiger partial charge is 0.150 e. The number of ketones is 1. The van der Waals surface area contributed by atoms with Gasteiger partial charge in [-0.15, -0.1) is 5.92 Å². The van der Waals surface area contributed by atoms with Gasteiger partial charge in [-0.2, -0.15) is 0 Å². The van der Waals surface area contributed by atoms with Crippen molar-refractivity contribution >= 4 is 5.78 Å². The minimum absolute atomic E-state index is 0.460. The molecule has 100 valence electrons. The number of carbonyl (C=O) groups is 1. The molecule has 0 bridgehead atoms. The van der Waals surface area contributed by atoms with E-state index in [9.17, 15) is 9.18 Å². The standard InChI is InChI=1S/C16H23FO/c17-12-2-1-3-13-4-6-14(7-5-13)15-8-10-16(18)11-9-15/h13-15H,3-12H2. The van der Waals surface area contributed by atoms with Gasteiger partial charge in [-0.1, -0.05) is 5.92 Å². The van der Waals surface area contributed by atoms with Gasteiger partial charge in [0.2, 0.25) is 0 Å². The first-order valence-corrected chi connectivity index (χ1v) is 7.33. The molecule has 0 aromatic rings. The molecule has 0 amide bonds. The van der Waals surface area contributed by atoms with Crippen molar-refractivity contribution in [3.05, 3.63) is 0 Å². The molecule has 2 heteroatoms. The van der Waals surface area contributed by atoms with E-state index < -0.39 is 6.67 Å². The zero-order chi connectivity index (χ0) is 12.8. The molecule has 0 N–H and O–H groups in total. The molecular formula is C16H23FO. The number of alkyl halides is 1. The van der Waals surface area contributed by atoms with Crippen LogP contribution in [0.5, 0.6) is 0 Å². The van der Waals surface area contributed by atoms with E-state index in [1.54, 1.807) is 0 Å². The summed E-state index contributed by atoms with van der Waals surface area (Å²) >= 11 is 0. The highest BCUT2D eigenvalue weighted by Crippen LogP contribution is 2.39. The quantitative estimate of drug-likeness (QED) is 0.679. The van der Waals surface area contributed by atoms with Gasteiger partial charge in [0.05, 0.1) is 0 Å². The van der Waals surface area contributed by atoms with E-state index >= 15 is 0 Å². The fourth-order valence-corrected chi connectivity index (χ4v) is 3.56. The normalized spacial score (nSPS) is 29.7. The van der Waals surface area contributed by atoms with E-state index in [0.717, 1.165) is 43.9 Å². The molecule has 0 aromatic heterocycles. The Morgan fingerprint density at radius 1 is 0.944 bits per heavy atom. The van der Waals surface area contributed by atoms with Crippen molar-refractivity contribution in [2.45, 2.75) is 57.8 Å². The summed E-state index contributed by atoms with van der Waals surface area (Å²) in [6, 6.07) is 0. The fraction of sp³-hybridized carbons (Fsp3) is 0.812. The van der Waals surface area contributed by atoms with Crippen LogP contribution in [0.25, 0.3) is 0 Å². The zero-order valence-electron chi connectivity index (χ0n) is 11.1. The van der Waals surface area contributed by atoms with Crippen LogP contribution in [0, 0.1) is 29.6 Å². The maximum atomic E-state index is 11.9. The number of hydrogen-bond acceptors (Lipinski definition) is 1. The summed E-state index contributed by atoms with van der Waals surface area (Å²) in [6.07, 6.45) is 9.82. The van der Waals surface area contributed by atoms with Gasteiger partial charge in [-0.3, -0.25) is 4.79 Å². The second-order valence-electron chi connectivity index (χ2n) is 5.85. The lowest BCUT2D eigenvalue weighted by Gasteiger charge is -2.35. The maximum absolute atomic E-state index is 11.9. The summed E-state index contributed by atoms with van der Waals surface area (Å²) in [6.45, 7) is -0.508. The van der Waals surface area contributed by atoms with Crippen molar-refractivity contribution < 1.29 is 9.18 Å². The lowest BCUT2D eigenvalue weighted by molar-refractivity contribution is -0.121. The third-order valence-corrected chi connectivity index (χ3v) is 4.73. The summed E-state index contributed by atoms with van der Waals surface area (Å²) < 4.78 is 11.9. The van der Waals surface area contributed by atoms with Gasteiger partial charge < -0.3 is 0 Å². The molecule has 2 fully saturated rings. The molecule has 2 aliphatic rings. The van der Waals surface area contributed by atoms with Crippen LogP contribution in [-0.2, 0) is 4.79 Å². The van der Waals surface area contributed by atoms with Gasteiger partial charge in [-0.05, 0) is 56.3 Å². The fourth-order valence-electron chi connectivity index (χ4n) is 3.56. The number of hydrogen-bond donors (Lipinski definition) is 0. The molecule has 18 heavy (non-hydrogen) atoms.